The van der Waals surface area contributed by atoms with Crippen LogP contribution in [0.4, 0.5) is 4.79 Å². The Kier molecular flexibility index (Phi) is 9.33. The molecular weight excluding hydrogens is 388 g/mol. The molecule has 2 rings (SSSR count). The fourth-order valence-electron chi connectivity index (χ4n) is 2.79. The van der Waals surface area contributed by atoms with Crippen molar-refractivity contribution in [2.24, 2.45) is 0 Å². The number of nitrogens with one attached hydrogen (secondary N) is 2. The van der Waals surface area contributed by atoms with Crippen molar-refractivity contribution in [3.8, 4) is 0 Å². The molecule has 160 valence electrons. The molecule has 2 amide bonds. The van der Waals surface area contributed by atoms with Crippen LogP contribution >= 0.6 is 0 Å². The standard InChI is InChI=1S/C22H26N2O6/c25-14-19(24-22(29)30-15-17-10-5-2-6-11-17)20(26)23-18(21(27)28)13-7-12-16-8-3-1-4-9-16/h1-6,8-11,18-19,25H,7,12-15H2,(H,23,26)(H,24,29)(H,27,28)/t18-,19+/m1/s1. The van der Waals surface area contributed by atoms with Crippen molar-refractivity contribution in [2.45, 2.75) is 38.0 Å². The van der Waals surface area contributed by atoms with Crippen LogP contribution in [0.5, 0.6) is 0 Å². The molecule has 2 aromatic carbocycles. The van der Waals surface area contributed by atoms with Gasteiger partial charge >= 0.3 is 12.1 Å². The molecule has 0 aromatic heterocycles. The molecule has 30 heavy (non-hydrogen) atoms. The third-order valence-electron chi connectivity index (χ3n) is 4.42. The summed E-state index contributed by atoms with van der Waals surface area (Å²) in [6.07, 6.45) is 0.557. The number of aliphatic hydroxyl groups is 1. The molecule has 8 heteroatoms. The van der Waals surface area contributed by atoms with Crippen LogP contribution in [0.1, 0.15) is 24.0 Å². The Bertz CT molecular complexity index is 813. The van der Waals surface area contributed by atoms with Gasteiger partial charge in [-0.2, -0.15) is 0 Å². The van der Waals surface area contributed by atoms with Gasteiger partial charge in [-0.05, 0) is 30.4 Å². The maximum Gasteiger partial charge on any atom is 0.408 e. The highest BCUT2D eigenvalue weighted by molar-refractivity contribution is 5.89. The van der Waals surface area contributed by atoms with Crippen LogP contribution in [0, 0.1) is 0 Å². The quantitative estimate of drug-likeness (QED) is 0.445. The van der Waals surface area contributed by atoms with Crippen LogP contribution in [0.25, 0.3) is 0 Å². The van der Waals surface area contributed by atoms with Crippen molar-refractivity contribution < 1.29 is 29.3 Å². The molecule has 0 bridgehead atoms. The summed E-state index contributed by atoms with van der Waals surface area (Å²) in [5.41, 5.74) is 1.84. The molecule has 0 fully saturated rings. The normalized spacial score (nSPS) is 12.4. The zero-order valence-electron chi connectivity index (χ0n) is 16.5. The highest BCUT2D eigenvalue weighted by Crippen LogP contribution is 2.07. The summed E-state index contributed by atoms with van der Waals surface area (Å²) < 4.78 is 5.02. The molecular formula is C22H26N2O6. The van der Waals surface area contributed by atoms with E-state index in [1.807, 2.05) is 36.4 Å². The molecule has 0 unspecified atom stereocenters. The minimum absolute atomic E-state index is 0.00365. The summed E-state index contributed by atoms with van der Waals surface area (Å²) in [5.74, 6) is -1.97. The number of aryl methyl sites for hydroxylation is 1. The predicted molar refractivity (Wildman–Crippen MR) is 110 cm³/mol. The Labute approximate surface area is 174 Å². The van der Waals surface area contributed by atoms with Crippen molar-refractivity contribution in [1.29, 1.82) is 0 Å². The number of carboxylic acid groups (broad SMARTS) is 1. The molecule has 0 aliphatic rings. The fraction of sp³-hybridized carbons (Fsp3) is 0.318. The molecule has 2 atom stereocenters. The van der Waals surface area contributed by atoms with E-state index >= 15 is 0 Å². The highest BCUT2D eigenvalue weighted by atomic mass is 16.5. The monoisotopic (exact) mass is 414 g/mol. The first kappa shape index (κ1) is 22.9. The van der Waals surface area contributed by atoms with Crippen molar-refractivity contribution in [2.75, 3.05) is 6.61 Å². The second-order valence-electron chi connectivity index (χ2n) is 6.72. The first-order chi connectivity index (χ1) is 14.5. The van der Waals surface area contributed by atoms with E-state index in [-0.39, 0.29) is 13.0 Å². The van der Waals surface area contributed by atoms with Crippen LogP contribution in [-0.2, 0) is 27.4 Å². The number of aliphatic hydroxyl groups excluding tert-OH is 1. The van der Waals surface area contributed by atoms with E-state index in [9.17, 15) is 24.6 Å². The fourth-order valence-corrected chi connectivity index (χ4v) is 2.79. The molecule has 0 spiro atoms. The van der Waals surface area contributed by atoms with Gasteiger partial charge in [-0.25, -0.2) is 9.59 Å². The average Bonchev–Trinajstić information content (AvgIpc) is 2.76. The van der Waals surface area contributed by atoms with Gasteiger partial charge in [0.15, 0.2) is 0 Å². The zero-order valence-corrected chi connectivity index (χ0v) is 16.5. The number of rotatable bonds is 11. The second-order valence-corrected chi connectivity index (χ2v) is 6.72. The lowest BCUT2D eigenvalue weighted by molar-refractivity contribution is -0.142. The number of hydrogen-bond donors (Lipinski definition) is 4. The topological polar surface area (TPSA) is 125 Å². The van der Waals surface area contributed by atoms with E-state index in [2.05, 4.69) is 10.6 Å². The minimum Gasteiger partial charge on any atom is -0.480 e. The lowest BCUT2D eigenvalue weighted by Crippen LogP contribution is -2.53. The van der Waals surface area contributed by atoms with Crippen molar-refractivity contribution in [3.63, 3.8) is 0 Å². The van der Waals surface area contributed by atoms with Crippen LogP contribution in [-0.4, -0.2) is 46.9 Å². The minimum atomic E-state index is -1.32. The van der Waals surface area contributed by atoms with E-state index < -0.39 is 36.7 Å². The molecule has 4 N–H and O–H groups in total. The van der Waals surface area contributed by atoms with E-state index in [0.717, 1.165) is 11.1 Å². The number of hydrogen-bond acceptors (Lipinski definition) is 5. The summed E-state index contributed by atoms with van der Waals surface area (Å²) >= 11 is 0. The summed E-state index contributed by atoms with van der Waals surface area (Å²) in [7, 11) is 0. The SMILES string of the molecule is O=C(N[C@@H](CO)C(=O)N[C@H](CCCc1ccccc1)C(=O)O)OCc1ccccc1. The molecule has 0 aliphatic carbocycles. The van der Waals surface area contributed by atoms with E-state index in [1.165, 1.54) is 0 Å². The zero-order chi connectivity index (χ0) is 21.8. The Morgan fingerprint density at radius 1 is 0.867 bits per heavy atom. The van der Waals surface area contributed by atoms with Crippen LogP contribution in [0.3, 0.4) is 0 Å². The molecule has 0 aliphatic heterocycles. The van der Waals surface area contributed by atoms with E-state index in [0.29, 0.717) is 12.8 Å². The smallest absolute Gasteiger partial charge is 0.408 e. The molecule has 0 radical (unpaired) electrons. The Morgan fingerprint density at radius 3 is 2.03 bits per heavy atom. The van der Waals surface area contributed by atoms with Crippen molar-refractivity contribution >= 4 is 18.0 Å². The van der Waals surface area contributed by atoms with Gasteiger partial charge in [0, 0.05) is 0 Å². The van der Waals surface area contributed by atoms with Crippen molar-refractivity contribution in [3.05, 3.63) is 71.8 Å². The van der Waals surface area contributed by atoms with E-state index in [4.69, 9.17) is 4.74 Å². The van der Waals surface area contributed by atoms with E-state index in [1.54, 1.807) is 24.3 Å². The van der Waals surface area contributed by atoms with Gasteiger partial charge in [-0.15, -0.1) is 0 Å². The first-order valence-electron chi connectivity index (χ1n) is 9.64. The van der Waals surface area contributed by atoms with Crippen LogP contribution < -0.4 is 10.6 Å². The van der Waals surface area contributed by atoms with Gasteiger partial charge in [-0.3, -0.25) is 4.79 Å². The summed E-state index contributed by atoms with van der Waals surface area (Å²) in [5, 5.41) is 23.4. The predicted octanol–water partition coefficient (Wildman–Crippen LogP) is 1.87. The number of aliphatic carboxylic acids is 1. The number of carbonyl (C=O) groups is 3. The lowest BCUT2D eigenvalue weighted by atomic mass is 10.0. The van der Waals surface area contributed by atoms with Crippen LogP contribution in [0.2, 0.25) is 0 Å². The summed E-state index contributed by atoms with van der Waals surface area (Å²) in [4.78, 5) is 35.7. The first-order valence-corrected chi connectivity index (χ1v) is 9.64. The third-order valence-corrected chi connectivity index (χ3v) is 4.42. The molecule has 8 nitrogen and oxygen atoms in total. The Morgan fingerprint density at radius 2 is 1.47 bits per heavy atom. The van der Waals surface area contributed by atoms with Gasteiger partial charge in [0.05, 0.1) is 6.61 Å². The van der Waals surface area contributed by atoms with Gasteiger partial charge < -0.3 is 25.6 Å². The number of carboxylic acids is 1. The highest BCUT2D eigenvalue weighted by Gasteiger charge is 2.26. The van der Waals surface area contributed by atoms with Gasteiger partial charge in [-0.1, -0.05) is 60.7 Å². The number of benzene rings is 2. The lowest BCUT2D eigenvalue weighted by Gasteiger charge is -2.20. The largest absolute Gasteiger partial charge is 0.480 e. The number of amides is 2. The number of ether oxygens (including phenoxy) is 1. The maximum atomic E-state index is 12.3. The van der Waals surface area contributed by atoms with Gasteiger partial charge in [0.2, 0.25) is 5.91 Å². The second kappa shape index (κ2) is 12.2. The average molecular weight is 414 g/mol. The Balaban J connectivity index is 1.81. The molecule has 0 heterocycles. The van der Waals surface area contributed by atoms with Crippen LogP contribution in [0.15, 0.2) is 60.7 Å². The van der Waals surface area contributed by atoms with Gasteiger partial charge in [0.1, 0.15) is 18.7 Å². The molecule has 2 aromatic rings. The number of carbonyl (C=O) groups excluding carboxylic acids is 2. The molecule has 0 saturated heterocycles. The summed E-state index contributed by atoms with van der Waals surface area (Å²) in [6, 6.07) is 16.1. The maximum absolute atomic E-state index is 12.3. The van der Waals surface area contributed by atoms with Gasteiger partial charge in [0.25, 0.3) is 0 Å². The third kappa shape index (κ3) is 7.92. The summed E-state index contributed by atoms with van der Waals surface area (Å²) in [6.45, 7) is -0.688. The molecule has 0 saturated carbocycles. The number of alkyl carbamates (subject to hydrolysis) is 1. The Hall–Kier alpha value is -3.39. The van der Waals surface area contributed by atoms with Crippen molar-refractivity contribution in [1.82, 2.24) is 10.6 Å².